The number of nitrogens with zero attached hydrogens (tertiary/aromatic N) is 10. The van der Waals surface area contributed by atoms with Gasteiger partial charge < -0.3 is 29.5 Å². The number of hydrogen-bond acceptors (Lipinski definition) is 15. The lowest BCUT2D eigenvalue weighted by Gasteiger charge is -2.27. The van der Waals surface area contributed by atoms with Crippen molar-refractivity contribution >= 4 is 56.3 Å². The molecule has 5 N–H and O–H groups in total. The standard InChI is InChI=1S/C17H14BrF3N4O2S.C17H14BrF3N4O2.C17H15F3N4O2S/c1-16(26,8-25-15(28)22-9-23-25)12-6-7-13(24-14(12)17(19,20)21)27-11-4-2-10(18)3-5-11;1-16(26,8-25-10-22-9-23-25)13-6-7-14(24-15(13)17(19,20)21)27-12-4-2-11(18)3-5-12;1-16(25,9-24-15(27)21-10-22-24)12-7-8-13(23-14(12)17(18,19)20)26-11-5-3-2-4-6-11/h2-7,9,26H,8H2,1H3,(H,22,23,28);2-7,9-10,26H,8H2,1H3;2-8,10,25H,9H2,1H3,(H,21,22,27). The maximum absolute atomic E-state index is 13.6. The third kappa shape index (κ3) is 16.6. The topological polar surface area (TPSA) is 225 Å². The molecule has 0 aliphatic rings. The smallest absolute Gasteiger partial charge is 0.433 e. The summed E-state index contributed by atoms with van der Waals surface area (Å²) in [4.78, 5) is 22.1. The molecule has 82 heavy (non-hydrogen) atoms. The molecular formula is C51H43Br2F9N12O6S2. The number of halogens is 11. The summed E-state index contributed by atoms with van der Waals surface area (Å²) in [5.41, 5.74) is -10.6. The molecule has 0 amide bonds. The maximum Gasteiger partial charge on any atom is 0.433 e. The third-order valence-electron chi connectivity index (χ3n) is 11.3. The number of aromatic amines is 2. The predicted molar refractivity (Wildman–Crippen MR) is 286 cm³/mol. The molecule has 9 rings (SSSR count). The van der Waals surface area contributed by atoms with Crippen LogP contribution in [0.15, 0.2) is 150 Å². The molecule has 0 spiro atoms. The number of ether oxygens (including phenoxy) is 3. The molecule has 0 saturated carbocycles. The number of pyridine rings is 3. The van der Waals surface area contributed by atoms with Crippen LogP contribution in [0.2, 0.25) is 0 Å². The molecule has 31 heteroatoms. The number of alkyl halides is 9. The summed E-state index contributed by atoms with van der Waals surface area (Å²) in [6.07, 6.45) is -9.25. The Morgan fingerprint density at radius 3 is 1.13 bits per heavy atom. The predicted octanol–water partition coefficient (Wildman–Crippen LogP) is 13.0. The van der Waals surface area contributed by atoms with Gasteiger partial charge in [-0.25, -0.2) is 34.6 Å². The number of hydrogen-bond donors (Lipinski definition) is 5. The maximum atomic E-state index is 13.6. The Labute approximate surface area is 485 Å². The van der Waals surface area contributed by atoms with Gasteiger partial charge in [0.15, 0.2) is 17.1 Å². The highest BCUT2D eigenvalue weighted by molar-refractivity contribution is 9.10. The molecule has 0 saturated heterocycles. The summed E-state index contributed by atoms with van der Waals surface area (Å²) < 4.78 is 144. The summed E-state index contributed by atoms with van der Waals surface area (Å²) in [7, 11) is 0. The van der Waals surface area contributed by atoms with Gasteiger partial charge in [-0.3, -0.25) is 19.6 Å². The second-order valence-electron chi connectivity index (χ2n) is 18.1. The van der Waals surface area contributed by atoms with Crippen molar-refractivity contribution in [3.05, 3.63) is 193 Å². The van der Waals surface area contributed by atoms with E-state index in [0.717, 1.165) is 27.1 Å². The first kappa shape index (κ1) is 62.2. The molecule has 9 aromatic rings. The molecule has 18 nitrogen and oxygen atoms in total. The van der Waals surface area contributed by atoms with Crippen LogP contribution < -0.4 is 14.2 Å². The molecule has 0 aliphatic carbocycles. The average Bonchev–Trinajstić information content (AvgIpc) is 4.30. The summed E-state index contributed by atoms with van der Waals surface area (Å²) in [5.74, 6) is 0.304. The molecule has 3 aromatic carbocycles. The summed E-state index contributed by atoms with van der Waals surface area (Å²) in [6, 6.07) is 28.7. The molecule has 6 heterocycles. The van der Waals surface area contributed by atoms with Crippen LogP contribution >= 0.6 is 56.3 Å². The average molecular weight is 1310 g/mol. The van der Waals surface area contributed by atoms with Crippen LogP contribution in [0.4, 0.5) is 39.5 Å². The largest absolute Gasteiger partial charge is 0.439 e. The van der Waals surface area contributed by atoms with Gasteiger partial charge in [0.1, 0.15) is 59.4 Å². The van der Waals surface area contributed by atoms with Crippen LogP contribution in [0, 0.1) is 9.54 Å². The van der Waals surface area contributed by atoms with Crippen molar-refractivity contribution in [3.8, 4) is 34.9 Å². The van der Waals surface area contributed by atoms with Crippen molar-refractivity contribution in [2.24, 2.45) is 0 Å². The van der Waals surface area contributed by atoms with E-state index in [0.29, 0.717) is 17.2 Å². The molecule has 0 aliphatic heterocycles. The molecule has 0 radical (unpaired) electrons. The summed E-state index contributed by atoms with van der Waals surface area (Å²) in [6.45, 7) is 3.02. The number of rotatable bonds is 15. The zero-order valence-corrected chi connectivity index (χ0v) is 47.2. The Kier molecular flexibility index (Phi) is 19.2. The minimum absolute atomic E-state index is 0.108. The Balaban J connectivity index is 0.000000177. The Bertz CT molecular complexity index is 3690. The van der Waals surface area contributed by atoms with E-state index in [1.54, 1.807) is 78.9 Å². The third-order valence-corrected chi connectivity index (χ3v) is 13.0. The van der Waals surface area contributed by atoms with Crippen LogP contribution in [0.1, 0.15) is 54.5 Å². The SMILES string of the molecule is CC(O)(Cn1[nH]cnc1=S)c1ccc(Oc2ccc(Br)cc2)nc1C(F)(F)F.CC(O)(Cn1[nH]cnc1=S)c1ccc(Oc2ccccc2)nc1C(F)(F)F.CC(O)(Cn1cncn1)c1ccc(Oc2ccc(Br)cc2)nc1C(F)(F)F. The van der Waals surface area contributed by atoms with Crippen molar-refractivity contribution in [2.75, 3.05) is 0 Å². The number of aliphatic hydroxyl groups is 3. The second-order valence-corrected chi connectivity index (χ2v) is 20.6. The van der Waals surface area contributed by atoms with Crippen molar-refractivity contribution in [3.63, 3.8) is 0 Å². The molecule has 0 fully saturated rings. The van der Waals surface area contributed by atoms with E-state index in [1.807, 2.05) is 0 Å². The van der Waals surface area contributed by atoms with Gasteiger partial charge in [0.2, 0.25) is 27.2 Å². The Hall–Kier alpha value is -7.42. The Morgan fingerprint density at radius 1 is 0.488 bits per heavy atom. The van der Waals surface area contributed by atoms with Crippen molar-refractivity contribution < 1.29 is 69.0 Å². The van der Waals surface area contributed by atoms with E-state index < -0.39 is 63.5 Å². The van der Waals surface area contributed by atoms with Gasteiger partial charge >= 0.3 is 18.5 Å². The van der Waals surface area contributed by atoms with Crippen LogP contribution in [-0.4, -0.2) is 74.6 Å². The van der Waals surface area contributed by atoms with Crippen LogP contribution in [0.5, 0.6) is 34.9 Å². The van der Waals surface area contributed by atoms with Crippen LogP contribution in [0.3, 0.4) is 0 Å². The highest BCUT2D eigenvalue weighted by Crippen LogP contribution is 2.41. The minimum Gasteiger partial charge on any atom is -0.439 e. The molecule has 432 valence electrons. The van der Waals surface area contributed by atoms with Gasteiger partial charge in [-0.05, 0) is 124 Å². The lowest BCUT2D eigenvalue weighted by Crippen LogP contribution is -2.32. The monoisotopic (exact) mass is 1310 g/mol. The lowest BCUT2D eigenvalue weighted by atomic mass is 9.94. The minimum atomic E-state index is -4.80. The van der Waals surface area contributed by atoms with Gasteiger partial charge in [0, 0.05) is 43.8 Å². The number of aromatic nitrogens is 12. The summed E-state index contributed by atoms with van der Waals surface area (Å²) in [5, 5.41) is 41.2. The van der Waals surface area contributed by atoms with E-state index >= 15 is 0 Å². The quantitative estimate of drug-likeness (QED) is 0.0475. The number of para-hydroxylation sites is 1. The Morgan fingerprint density at radius 2 is 0.829 bits per heavy atom. The molecular weight excluding hydrogens is 1270 g/mol. The number of benzene rings is 3. The van der Waals surface area contributed by atoms with E-state index in [1.165, 1.54) is 78.3 Å². The van der Waals surface area contributed by atoms with Gasteiger partial charge in [-0.15, -0.1) is 0 Å². The number of H-pyrrole nitrogens is 2. The molecule has 3 atom stereocenters. The molecule has 3 unspecified atom stereocenters. The first-order valence-corrected chi connectivity index (χ1v) is 25.8. The summed E-state index contributed by atoms with van der Waals surface area (Å²) >= 11 is 16.4. The first-order chi connectivity index (χ1) is 38.4. The zero-order valence-electron chi connectivity index (χ0n) is 42.4. The molecule has 0 bridgehead atoms. The second kappa shape index (κ2) is 25.4. The first-order valence-electron chi connectivity index (χ1n) is 23.4. The van der Waals surface area contributed by atoms with E-state index in [-0.39, 0.29) is 52.4 Å². The zero-order chi connectivity index (χ0) is 59.8. The highest BCUT2D eigenvalue weighted by Gasteiger charge is 2.44. The van der Waals surface area contributed by atoms with Crippen LogP contribution in [-0.2, 0) is 55.0 Å². The van der Waals surface area contributed by atoms with Gasteiger partial charge in [-0.1, -0.05) is 50.1 Å². The fourth-order valence-corrected chi connectivity index (χ4v) is 8.46. The van der Waals surface area contributed by atoms with Crippen molar-refractivity contribution in [1.82, 2.24) is 59.2 Å². The van der Waals surface area contributed by atoms with Gasteiger partial charge in [0.25, 0.3) is 0 Å². The number of nitrogens with one attached hydrogen (secondary N) is 2. The van der Waals surface area contributed by atoms with Crippen molar-refractivity contribution in [2.45, 2.75) is 75.7 Å². The fourth-order valence-electron chi connectivity index (χ4n) is 7.59. The fraction of sp³-hybridized carbons (Fsp3) is 0.235. The van der Waals surface area contributed by atoms with E-state index in [4.69, 9.17) is 38.6 Å². The van der Waals surface area contributed by atoms with E-state index in [9.17, 15) is 54.8 Å². The normalized spacial score (nSPS) is 14.0. The highest BCUT2D eigenvalue weighted by atomic mass is 79.9. The molecule has 6 aromatic heterocycles. The van der Waals surface area contributed by atoms with E-state index in [2.05, 4.69) is 77.1 Å². The van der Waals surface area contributed by atoms with Crippen molar-refractivity contribution in [1.29, 1.82) is 0 Å². The van der Waals surface area contributed by atoms with Gasteiger partial charge in [0.05, 0.1) is 19.6 Å². The van der Waals surface area contributed by atoms with Gasteiger partial charge in [-0.2, -0.15) is 44.6 Å². The van der Waals surface area contributed by atoms with Crippen LogP contribution in [0.25, 0.3) is 0 Å². The lowest BCUT2D eigenvalue weighted by molar-refractivity contribution is -0.145.